The van der Waals surface area contributed by atoms with Crippen molar-refractivity contribution in [3.63, 3.8) is 0 Å². The minimum Gasteiger partial charge on any atom is -0.352 e. The molecule has 1 aliphatic carbocycles. The molecule has 0 atom stereocenters. The summed E-state index contributed by atoms with van der Waals surface area (Å²) >= 11 is 0. The highest BCUT2D eigenvalue weighted by atomic mass is 16.7. The number of rotatable bonds is 7. The van der Waals surface area contributed by atoms with E-state index < -0.39 is 0 Å². The first-order chi connectivity index (χ1) is 12.8. The maximum Gasteiger partial charge on any atom is 0.160 e. The molecular formula is C22H38O4. The quantitative estimate of drug-likeness (QED) is 0.599. The van der Waals surface area contributed by atoms with Gasteiger partial charge in [-0.1, -0.05) is 31.9 Å². The lowest BCUT2D eigenvalue weighted by molar-refractivity contribution is -0.235. The molecule has 4 nitrogen and oxygen atoms in total. The van der Waals surface area contributed by atoms with E-state index in [4.69, 9.17) is 18.9 Å². The second kappa shape index (κ2) is 10.8. The summed E-state index contributed by atoms with van der Waals surface area (Å²) in [7, 11) is 0. The van der Waals surface area contributed by atoms with Crippen LogP contribution in [0.2, 0.25) is 0 Å². The highest BCUT2D eigenvalue weighted by molar-refractivity contribution is 4.86. The summed E-state index contributed by atoms with van der Waals surface area (Å²) in [6.07, 6.45) is 14.2. The van der Waals surface area contributed by atoms with Gasteiger partial charge in [0.15, 0.2) is 12.6 Å². The van der Waals surface area contributed by atoms with Crippen LogP contribution in [0.1, 0.15) is 65.2 Å². The van der Waals surface area contributed by atoms with Crippen LogP contribution in [0.15, 0.2) is 12.2 Å². The maximum atomic E-state index is 6.10. The SMILES string of the molecule is C/C=C\[C@H]1CO[C@H](CCC2COC([C@H]3CC[C@H](CCC)CC3)OC2)OC1. The Balaban J connectivity index is 1.29. The van der Waals surface area contributed by atoms with Gasteiger partial charge in [0.2, 0.25) is 0 Å². The van der Waals surface area contributed by atoms with E-state index in [0.29, 0.717) is 17.8 Å². The summed E-state index contributed by atoms with van der Waals surface area (Å²) in [5.41, 5.74) is 0. The van der Waals surface area contributed by atoms with Gasteiger partial charge in [-0.25, -0.2) is 0 Å². The zero-order valence-electron chi connectivity index (χ0n) is 16.7. The summed E-state index contributed by atoms with van der Waals surface area (Å²) in [5, 5.41) is 0. The second-order valence-electron chi connectivity index (χ2n) is 8.43. The molecule has 2 saturated heterocycles. The third kappa shape index (κ3) is 6.05. The summed E-state index contributed by atoms with van der Waals surface area (Å²) in [6, 6.07) is 0. The highest BCUT2D eigenvalue weighted by Gasteiger charge is 2.32. The van der Waals surface area contributed by atoms with Crippen molar-refractivity contribution < 1.29 is 18.9 Å². The zero-order chi connectivity index (χ0) is 18.2. The standard InChI is InChI=1S/C22H38O4/c1-3-5-17-7-10-20(11-8-17)22-25-15-19(16-26-22)9-12-21-23-13-18(6-4-2)14-24-21/h4,6,17-22H,3,5,7-16H2,1-2H3/b6-4-/t17-,18-,19?,20-,21-,22?. The first-order valence-electron chi connectivity index (χ1n) is 10.9. The average Bonchev–Trinajstić information content (AvgIpc) is 2.69. The Kier molecular flexibility index (Phi) is 8.44. The Hall–Kier alpha value is -0.420. The molecule has 26 heavy (non-hydrogen) atoms. The van der Waals surface area contributed by atoms with Gasteiger partial charge in [-0.15, -0.1) is 0 Å². The lowest BCUT2D eigenvalue weighted by atomic mass is 9.79. The molecule has 150 valence electrons. The highest BCUT2D eigenvalue weighted by Crippen LogP contribution is 2.36. The van der Waals surface area contributed by atoms with Crippen LogP contribution in [0.3, 0.4) is 0 Å². The second-order valence-corrected chi connectivity index (χ2v) is 8.43. The topological polar surface area (TPSA) is 36.9 Å². The van der Waals surface area contributed by atoms with Gasteiger partial charge in [0.25, 0.3) is 0 Å². The van der Waals surface area contributed by atoms with Crippen LogP contribution in [0.4, 0.5) is 0 Å². The molecule has 0 unspecified atom stereocenters. The van der Waals surface area contributed by atoms with Crippen LogP contribution in [0.25, 0.3) is 0 Å². The molecule has 0 spiro atoms. The Morgan fingerprint density at radius 3 is 2.08 bits per heavy atom. The van der Waals surface area contributed by atoms with E-state index in [9.17, 15) is 0 Å². The molecular weight excluding hydrogens is 328 g/mol. The molecule has 3 aliphatic rings. The summed E-state index contributed by atoms with van der Waals surface area (Å²) in [4.78, 5) is 0. The Morgan fingerprint density at radius 2 is 1.46 bits per heavy atom. The lowest BCUT2D eigenvalue weighted by Crippen LogP contribution is -2.39. The van der Waals surface area contributed by atoms with Crippen molar-refractivity contribution in [1.29, 1.82) is 0 Å². The molecule has 2 aliphatic heterocycles. The van der Waals surface area contributed by atoms with Gasteiger partial charge < -0.3 is 18.9 Å². The summed E-state index contributed by atoms with van der Waals surface area (Å²) < 4.78 is 23.9. The third-order valence-corrected chi connectivity index (χ3v) is 6.23. The Bertz CT molecular complexity index is 400. The molecule has 0 bridgehead atoms. The van der Waals surface area contributed by atoms with Crippen molar-refractivity contribution in [1.82, 2.24) is 0 Å². The van der Waals surface area contributed by atoms with Crippen LogP contribution in [0.5, 0.6) is 0 Å². The van der Waals surface area contributed by atoms with Crippen LogP contribution >= 0.6 is 0 Å². The van der Waals surface area contributed by atoms with Crippen molar-refractivity contribution in [3.05, 3.63) is 12.2 Å². The third-order valence-electron chi connectivity index (χ3n) is 6.23. The van der Waals surface area contributed by atoms with E-state index in [1.54, 1.807) is 0 Å². The maximum absolute atomic E-state index is 6.10. The molecule has 4 heteroatoms. The fraction of sp³-hybridized carbons (Fsp3) is 0.909. The molecule has 0 N–H and O–H groups in total. The predicted octanol–water partition coefficient (Wildman–Crippen LogP) is 4.93. The van der Waals surface area contributed by atoms with Crippen molar-refractivity contribution in [2.75, 3.05) is 26.4 Å². The van der Waals surface area contributed by atoms with Crippen LogP contribution in [0, 0.1) is 23.7 Å². The molecule has 3 fully saturated rings. The van der Waals surface area contributed by atoms with Gasteiger partial charge in [0, 0.05) is 17.8 Å². The number of allylic oxidation sites excluding steroid dienone is 1. The average molecular weight is 367 g/mol. The monoisotopic (exact) mass is 366 g/mol. The molecule has 0 aromatic heterocycles. The predicted molar refractivity (Wildman–Crippen MR) is 103 cm³/mol. The van der Waals surface area contributed by atoms with Gasteiger partial charge >= 0.3 is 0 Å². The van der Waals surface area contributed by atoms with E-state index >= 15 is 0 Å². The molecule has 3 rings (SSSR count). The minimum absolute atomic E-state index is 0.0394. The van der Waals surface area contributed by atoms with Gasteiger partial charge in [0.1, 0.15) is 0 Å². The molecule has 0 aromatic carbocycles. The number of ether oxygens (including phenoxy) is 4. The first-order valence-corrected chi connectivity index (χ1v) is 10.9. The smallest absolute Gasteiger partial charge is 0.160 e. The minimum atomic E-state index is -0.0527. The Labute approximate surface area is 159 Å². The molecule has 2 heterocycles. The van der Waals surface area contributed by atoms with E-state index in [1.807, 2.05) is 6.92 Å². The molecule has 1 saturated carbocycles. The van der Waals surface area contributed by atoms with Gasteiger partial charge in [-0.05, 0) is 51.4 Å². The van der Waals surface area contributed by atoms with Gasteiger partial charge in [-0.3, -0.25) is 0 Å². The van der Waals surface area contributed by atoms with Crippen LogP contribution < -0.4 is 0 Å². The van der Waals surface area contributed by atoms with Crippen molar-refractivity contribution in [3.8, 4) is 0 Å². The van der Waals surface area contributed by atoms with Crippen molar-refractivity contribution in [2.24, 2.45) is 23.7 Å². The fourth-order valence-electron chi connectivity index (χ4n) is 4.63. The van der Waals surface area contributed by atoms with E-state index in [1.165, 1.54) is 38.5 Å². The van der Waals surface area contributed by atoms with Gasteiger partial charge in [-0.2, -0.15) is 0 Å². The lowest BCUT2D eigenvalue weighted by Gasteiger charge is -2.38. The van der Waals surface area contributed by atoms with Crippen molar-refractivity contribution >= 4 is 0 Å². The summed E-state index contributed by atoms with van der Waals surface area (Å²) in [5.74, 6) is 2.43. The number of hydrogen-bond donors (Lipinski definition) is 0. The fourth-order valence-corrected chi connectivity index (χ4v) is 4.63. The van der Waals surface area contributed by atoms with Crippen molar-refractivity contribution in [2.45, 2.75) is 77.8 Å². The zero-order valence-corrected chi connectivity index (χ0v) is 16.7. The number of hydrogen-bond acceptors (Lipinski definition) is 4. The largest absolute Gasteiger partial charge is 0.352 e. The van der Waals surface area contributed by atoms with E-state index in [-0.39, 0.29) is 12.6 Å². The molecule has 0 radical (unpaired) electrons. The molecule has 0 aromatic rings. The Morgan fingerprint density at radius 1 is 0.769 bits per heavy atom. The van der Waals surface area contributed by atoms with Crippen LogP contribution in [-0.4, -0.2) is 39.0 Å². The first kappa shape index (κ1) is 20.3. The van der Waals surface area contributed by atoms with E-state index in [0.717, 1.165) is 45.2 Å². The molecule has 0 amide bonds. The van der Waals surface area contributed by atoms with Crippen LogP contribution in [-0.2, 0) is 18.9 Å². The van der Waals surface area contributed by atoms with Gasteiger partial charge in [0.05, 0.1) is 26.4 Å². The normalized spacial score (nSPS) is 39.3. The summed E-state index contributed by atoms with van der Waals surface area (Å²) in [6.45, 7) is 7.54. The van der Waals surface area contributed by atoms with E-state index in [2.05, 4.69) is 19.1 Å².